The van der Waals surface area contributed by atoms with Crippen molar-refractivity contribution in [3.63, 3.8) is 0 Å². The number of β-amino-alcohol motifs (C(OH)–C–C–N with tert-alkyl or cyclic N) is 1. The predicted molar refractivity (Wildman–Crippen MR) is 82.0 cm³/mol. The first kappa shape index (κ1) is 15.3. The van der Waals surface area contributed by atoms with Crippen molar-refractivity contribution in [2.75, 3.05) is 44.2 Å². The van der Waals surface area contributed by atoms with Crippen molar-refractivity contribution < 1.29 is 10.2 Å². The van der Waals surface area contributed by atoms with Gasteiger partial charge in [0.05, 0.1) is 12.7 Å². The highest BCUT2D eigenvalue weighted by molar-refractivity contribution is 5.48. The molecule has 1 fully saturated rings. The van der Waals surface area contributed by atoms with Crippen molar-refractivity contribution in [3.8, 4) is 0 Å². The summed E-state index contributed by atoms with van der Waals surface area (Å²) in [5, 5.41) is 18.8. The van der Waals surface area contributed by atoms with Crippen molar-refractivity contribution in [2.24, 2.45) is 0 Å². The minimum atomic E-state index is -0.353. The van der Waals surface area contributed by atoms with Crippen LogP contribution < -0.4 is 4.90 Å². The first-order chi connectivity index (χ1) is 9.74. The normalized spacial score (nSPS) is 18.9. The number of aliphatic hydroxyl groups is 2. The van der Waals surface area contributed by atoms with Gasteiger partial charge >= 0.3 is 0 Å². The molecule has 1 heterocycles. The molecular formula is C16H26N2O2. The van der Waals surface area contributed by atoms with Crippen LogP contribution >= 0.6 is 0 Å². The van der Waals surface area contributed by atoms with Gasteiger partial charge in [0.15, 0.2) is 0 Å². The highest BCUT2D eigenvalue weighted by Crippen LogP contribution is 2.22. The molecule has 0 aromatic heterocycles. The Morgan fingerprint density at radius 1 is 1.10 bits per heavy atom. The second-order valence-corrected chi connectivity index (χ2v) is 5.42. The minimum Gasteiger partial charge on any atom is -0.395 e. The van der Waals surface area contributed by atoms with Gasteiger partial charge in [0.25, 0.3) is 0 Å². The third-order valence-electron chi connectivity index (χ3n) is 4.03. The Morgan fingerprint density at radius 3 is 2.50 bits per heavy atom. The quantitative estimate of drug-likeness (QED) is 0.859. The highest BCUT2D eigenvalue weighted by atomic mass is 16.3. The van der Waals surface area contributed by atoms with Gasteiger partial charge < -0.3 is 15.1 Å². The predicted octanol–water partition coefficient (Wildman–Crippen LogP) is 1.63. The van der Waals surface area contributed by atoms with Gasteiger partial charge in [-0.1, -0.05) is 19.1 Å². The zero-order chi connectivity index (χ0) is 14.4. The Bertz CT molecular complexity index is 394. The van der Waals surface area contributed by atoms with E-state index in [1.54, 1.807) is 0 Å². The molecule has 1 aromatic carbocycles. The molecule has 1 saturated heterocycles. The molecule has 2 rings (SSSR count). The van der Waals surface area contributed by atoms with E-state index < -0.39 is 0 Å². The van der Waals surface area contributed by atoms with Crippen molar-refractivity contribution in [1.29, 1.82) is 0 Å². The second-order valence-electron chi connectivity index (χ2n) is 5.42. The first-order valence-corrected chi connectivity index (χ1v) is 7.60. The Hall–Kier alpha value is -1.10. The molecule has 4 nitrogen and oxygen atoms in total. The fourth-order valence-electron chi connectivity index (χ4n) is 2.74. The molecule has 0 aliphatic carbocycles. The van der Waals surface area contributed by atoms with Gasteiger partial charge in [0.1, 0.15) is 0 Å². The molecule has 0 saturated carbocycles. The van der Waals surface area contributed by atoms with E-state index in [2.05, 4.69) is 21.9 Å². The summed E-state index contributed by atoms with van der Waals surface area (Å²) in [6, 6.07) is 8.27. The highest BCUT2D eigenvalue weighted by Gasteiger charge is 2.15. The van der Waals surface area contributed by atoms with E-state index in [4.69, 9.17) is 5.11 Å². The standard InChI is InChI=1S/C16H26N2O2/c1-2-16(20)14-4-6-15(7-5-14)18-9-3-8-17(10-11-18)12-13-19/h4-7,16,19-20H,2-3,8-13H2,1H3. The van der Waals surface area contributed by atoms with Gasteiger partial charge in [-0.05, 0) is 37.1 Å². The lowest BCUT2D eigenvalue weighted by Gasteiger charge is -2.24. The van der Waals surface area contributed by atoms with Gasteiger partial charge in [-0.2, -0.15) is 0 Å². The lowest BCUT2D eigenvalue weighted by Crippen LogP contribution is -2.32. The third-order valence-corrected chi connectivity index (χ3v) is 4.03. The van der Waals surface area contributed by atoms with Crippen LogP contribution in [0.3, 0.4) is 0 Å². The van der Waals surface area contributed by atoms with Crippen LogP contribution in [0.5, 0.6) is 0 Å². The molecule has 1 aromatic rings. The van der Waals surface area contributed by atoms with E-state index >= 15 is 0 Å². The van der Waals surface area contributed by atoms with Gasteiger partial charge in [0, 0.05) is 31.9 Å². The average Bonchev–Trinajstić information content (AvgIpc) is 2.73. The third kappa shape index (κ3) is 3.95. The molecule has 0 radical (unpaired) electrons. The molecule has 1 unspecified atom stereocenters. The molecule has 2 N–H and O–H groups in total. The van der Waals surface area contributed by atoms with Crippen LogP contribution in [0.4, 0.5) is 5.69 Å². The molecule has 112 valence electrons. The average molecular weight is 278 g/mol. The van der Waals surface area contributed by atoms with E-state index in [1.807, 2.05) is 19.1 Å². The van der Waals surface area contributed by atoms with E-state index in [9.17, 15) is 5.11 Å². The molecule has 0 amide bonds. The van der Waals surface area contributed by atoms with Crippen molar-refractivity contribution in [3.05, 3.63) is 29.8 Å². The molecule has 0 spiro atoms. The molecule has 1 aliphatic heterocycles. The van der Waals surface area contributed by atoms with Crippen LogP contribution in [0, 0.1) is 0 Å². The summed E-state index contributed by atoms with van der Waals surface area (Å²) in [6.07, 6.45) is 1.52. The maximum atomic E-state index is 9.83. The Kier molecular flexibility index (Phi) is 5.83. The maximum absolute atomic E-state index is 9.83. The number of nitrogens with zero attached hydrogens (tertiary/aromatic N) is 2. The summed E-state index contributed by atoms with van der Waals surface area (Å²) in [5.41, 5.74) is 2.22. The fraction of sp³-hybridized carbons (Fsp3) is 0.625. The molecule has 1 aliphatic rings. The molecule has 4 heteroatoms. The zero-order valence-electron chi connectivity index (χ0n) is 12.3. The van der Waals surface area contributed by atoms with E-state index in [-0.39, 0.29) is 12.7 Å². The Balaban J connectivity index is 1.97. The van der Waals surface area contributed by atoms with Crippen molar-refractivity contribution >= 4 is 5.69 Å². The summed E-state index contributed by atoms with van der Waals surface area (Å²) in [5.74, 6) is 0. The van der Waals surface area contributed by atoms with Crippen molar-refractivity contribution in [2.45, 2.75) is 25.9 Å². The number of anilines is 1. The van der Waals surface area contributed by atoms with Crippen LogP contribution in [-0.4, -0.2) is 54.4 Å². The van der Waals surface area contributed by atoms with Gasteiger partial charge in [0.2, 0.25) is 0 Å². The van der Waals surface area contributed by atoms with E-state index in [0.29, 0.717) is 0 Å². The maximum Gasteiger partial charge on any atom is 0.0787 e. The van der Waals surface area contributed by atoms with Gasteiger partial charge in [-0.3, -0.25) is 4.90 Å². The van der Waals surface area contributed by atoms with Crippen molar-refractivity contribution in [1.82, 2.24) is 4.90 Å². The SMILES string of the molecule is CCC(O)c1ccc(N2CCCN(CCO)CC2)cc1. The van der Waals surface area contributed by atoms with Crippen LogP contribution in [0.25, 0.3) is 0 Å². The Labute approximate surface area is 121 Å². The van der Waals surface area contributed by atoms with Crippen LogP contribution in [-0.2, 0) is 0 Å². The molecule has 0 bridgehead atoms. The van der Waals surface area contributed by atoms with Crippen LogP contribution in [0.15, 0.2) is 24.3 Å². The Morgan fingerprint density at radius 2 is 1.85 bits per heavy atom. The molecular weight excluding hydrogens is 252 g/mol. The number of benzene rings is 1. The zero-order valence-corrected chi connectivity index (χ0v) is 12.3. The summed E-state index contributed by atoms with van der Waals surface area (Å²) in [7, 11) is 0. The monoisotopic (exact) mass is 278 g/mol. The lowest BCUT2D eigenvalue weighted by atomic mass is 10.1. The van der Waals surface area contributed by atoms with Gasteiger partial charge in [-0.25, -0.2) is 0 Å². The van der Waals surface area contributed by atoms with E-state index in [0.717, 1.165) is 51.1 Å². The first-order valence-electron chi connectivity index (χ1n) is 7.60. The number of hydrogen-bond acceptors (Lipinski definition) is 4. The van der Waals surface area contributed by atoms with Crippen LogP contribution in [0.2, 0.25) is 0 Å². The molecule has 1 atom stereocenters. The second kappa shape index (κ2) is 7.62. The topological polar surface area (TPSA) is 46.9 Å². The number of rotatable bonds is 5. The number of hydrogen-bond donors (Lipinski definition) is 2. The van der Waals surface area contributed by atoms with Crippen LogP contribution in [0.1, 0.15) is 31.4 Å². The summed E-state index contributed by atoms with van der Waals surface area (Å²) >= 11 is 0. The fourth-order valence-corrected chi connectivity index (χ4v) is 2.74. The lowest BCUT2D eigenvalue weighted by molar-refractivity contribution is 0.173. The largest absolute Gasteiger partial charge is 0.395 e. The summed E-state index contributed by atoms with van der Waals surface area (Å²) in [6.45, 7) is 7.11. The summed E-state index contributed by atoms with van der Waals surface area (Å²) < 4.78 is 0. The summed E-state index contributed by atoms with van der Waals surface area (Å²) in [4.78, 5) is 4.70. The number of aliphatic hydroxyl groups excluding tert-OH is 2. The minimum absolute atomic E-state index is 0.240. The van der Waals surface area contributed by atoms with E-state index in [1.165, 1.54) is 5.69 Å². The van der Waals surface area contributed by atoms with Gasteiger partial charge in [-0.15, -0.1) is 0 Å². The smallest absolute Gasteiger partial charge is 0.0787 e. The molecule has 20 heavy (non-hydrogen) atoms.